The van der Waals surface area contributed by atoms with E-state index in [1.165, 1.54) is 23.9 Å². The molecule has 1 aliphatic heterocycles. The predicted molar refractivity (Wildman–Crippen MR) is 87.6 cm³/mol. The predicted octanol–water partition coefficient (Wildman–Crippen LogP) is 3.20. The van der Waals surface area contributed by atoms with Gasteiger partial charge in [-0.2, -0.15) is 0 Å². The SMILES string of the molecule is O=C1CCSc2ccc(S(=O)(=O)Nc3ccc(F)cc3F)cc2N1. The molecule has 5 nitrogen and oxygen atoms in total. The van der Waals surface area contributed by atoms with E-state index in [4.69, 9.17) is 0 Å². The fourth-order valence-corrected chi connectivity index (χ4v) is 4.17. The Bertz CT molecular complexity index is 917. The number of rotatable bonds is 3. The van der Waals surface area contributed by atoms with E-state index >= 15 is 0 Å². The average Bonchev–Trinajstić information content (AvgIpc) is 2.69. The molecule has 0 radical (unpaired) electrons. The number of carbonyl (C=O) groups is 1. The van der Waals surface area contributed by atoms with Crippen molar-refractivity contribution in [3.05, 3.63) is 48.0 Å². The van der Waals surface area contributed by atoms with E-state index in [0.717, 1.165) is 17.0 Å². The maximum Gasteiger partial charge on any atom is 0.262 e. The molecule has 0 fully saturated rings. The Hall–Kier alpha value is -2.13. The normalized spacial score (nSPS) is 14.5. The van der Waals surface area contributed by atoms with Gasteiger partial charge in [-0.25, -0.2) is 17.2 Å². The van der Waals surface area contributed by atoms with E-state index in [1.54, 1.807) is 6.07 Å². The minimum Gasteiger partial charge on any atom is -0.325 e. The van der Waals surface area contributed by atoms with Gasteiger partial charge in [0.05, 0.1) is 16.3 Å². The van der Waals surface area contributed by atoms with Gasteiger partial charge in [0, 0.05) is 23.1 Å². The number of hydrogen-bond donors (Lipinski definition) is 2. The van der Waals surface area contributed by atoms with Crippen LogP contribution < -0.4 is 10.0 Å². The Morgan fingerprint density at radius 3 is 2.67 bits per heavy atom. The van der Waals surface area contributed by atoms with Crippen LogP contribution in [0.5, 0.6) is 0 Å². The summed E-state index contributed by atoms with van der Waals surface area (Å²) in [7, 11) is -4.08. The van der Waals surface area contributed by atoms with Crippen molar-refractivity contribution in [3.8, 4) is 0 Å². The van der Waals surface area contributed by atoms with Gasteiger partial charge in [0.15, 0.2) is 0 Å². The minimum absolute atomic E-state index is 0.132. The second-order valence-electron chi connectivity index (χ2n) is 5.03. The molecule has 2 aromatic carbocycles. The maximum absolute atomic E-state index is 13.6. The van der Waals surface area contributed by atoms with Gasteiger partial charge in [0.25, 0.3) is 10.0 Å². The van der Waals surface area contributed by atoms with Gasteiger partial charge < -0.3 is 5.32 Å². The van der Waals surface area contributed by atoms with Gasteiger partial charge in [-0.15, -0.1) is 11.8 Å². The van der Waals surface area contributed by atoms with Crippen LogP contribution in [0.25, 0.3) is 0 Å². The van der Waals surface area contributed by atoms with E-state index < -0.39 is 21.7 Å². The van der Waals surface area contributed by atoms with Crippen molar-refractivity contribution >= 4 is 39.1 Å². The highest BCUT2D eigenvalue weighted by molar-refractivity contribution is 7.99. The molecule has 2 aromatic rings. The standard InChI is InChI=1S/C15H12F2N2O3S2/c16-9-1-3-12(11(17)7-9)19-24(21,22)10-2-4-14-13(8-10)18-15(20)5-6-23-14/h1-4,7-8,19H,5-6H2,(H,18,20). The van der Waals surface area contributed by atoms with Crippen LogP contribution in [-0.2, 0) is 14.8 Å². The molecule has 126 valence electrons. The highest BCUT2D eigenvalue weighted by Gasteiger charge is 2.20. The highest BCUT2D eigenvalue weighted by atomic mass is 32.2. The van der Waals surface area contributed by atoms with Crippen molar-refractivity contribution < 1.29 is 22.0 Å². The number of anilines is 2. The smallest absolute Gasteiger partial charge is 0.262 e. The molecule has 0 saturated heterocycles. The topological polar surface area (TPSA) is 75.3 Å². The van der Waals surface area contributed by atoms with Crippen molar-refractivity contribution in [2.75, 3.05) is 15.8 Å². The van der Waals surface area contributed by atoms with Crippen LogP contribution in [0, 0.1) is 11.6 Å². The van der Waals surface area contributed by atoms with Gasteiger partial charge in [-0.05, 0) is 30.3 Å². The molecule has 1 amide bonds. The number of benzene rings is 2. The second-order valence-corrected chi connectivity index (χ2v) is 7.85. The van der Waals surface area contributed by atoms with Gasteiger partial charge in [0.2, 0.25) is 5.91 Å². The monoisotopic (exact) mass is 370 g/mol. The second kappa shape index (κ2) is 6.40. The summed E-state index contributed by atoms with van der Waals surface area (Å²) in [6.07, 6.45) is 0.334. The fourth-order valence-electron chi connectivity index (χ4n) is 2.14. The number of nitrogens with one attached hydrogen (secondary N) is 2. The summed E-state index contributed by atoms with van der Waals surface area (Å²) in [5.41, 5.74) is 0.0368. The molecule has 3 rings (SSSR count). The van der Waals surface area contributed by atoms with Crippen LogP contribution in [0.4, 0.5) is 20.2 Å². The number of halogens is 2. The number of sulfonamides is 1. The highest BCUT2D eigenvalue weighted by Crippen LogP contribution is 2.33. The maximum atomic E-state index is 13.6. The Kier molecular flexibility index (Phi) is 4.46. The van der Waals surface area contributed by atoms with Crippen molar-refractivity contribution in [2.45, 2.75) is 16.2 Å². The zero-order valence-corrected chi connectivity index (χ0v) is 13.8. The zero-order chi connectivity index (χ0) is 17.3. The van der Waals surface area contributed by atoms with Crippen molar-refractivity contribution in [3.63, 3.8) is 0 Å². The minimum atomic E-state index is -4.08. The van der Waals surface area contributed by atoms with Gasteiger partial charge in [0.1, 0.15) is 11.6 Å². The molecular weight excluding hydrogens is 358 g/mol. The summed E-state index contributed by atoms with van der Waals surface area (Å²) in [5.74, 6) is -1.42. The molecule has 1 aliphatic rings. The molecule has 0 aliphatic carbocycles. The summed E-state index contributed by atoms with van der Waals surface area (Å²) in [6, 6.07) is 6.81. The number of amides is 1. The lowest BCUT2D eigenvalue weighted by molar-refractivity contribution is -0.115. The number of fused-ring (bicyclic) bond motifs is 1. The van der Waals surface area contributed by atoms with E-state index in [0.29, 0.717) is 23.9 Å². The van der Waals surface area contributed by atoms with Crippen LogP contribution in [0.1, 0.15) is 6.42 Å². The summed E-state index contributed by atoms with van der Waals surface area (Å²) in [6.45, 7) is 0. The number of thioether (sulfide) groups is 1. The Morgan fingerprint density at radius 1 is 1.12 bits per heavy atom. The van der Waals surface area contributed by atoms with Crippen LogP contribution in [0.15, 0.2) is 46.2 Å². The van der Waals surface area contributed by atoms with Gasteiger partial charge >= 0.3 is 0 Å². The Labute approximate surface area is 141 Å². The summed E-state index contributed by atoms with van der Waals surface area (Å²) < 4.78 is 53.4. The lowest BCUT2D eigenvalue weighted by atomic mass is 10.3. The van der Waals surface area contributed by atoms with Crippen LogP contribution in [-0.4, -0.2) is 20.1 Å². The fraction of sp³-hybridized carbons (Fsp3) is 0.133. The van der Waals surface area contributed by atoms with E-state index in [-0.39, 0.29) is 16.5 Å². The van der Waals surface area contributed by atoms with Gasteiger partial charge in [-0.3, -0.25) is 9.52 Å². The third kappa shape index (κ3) is 3.51. The molecule has 24 heavy (non-hydrogen) atoms. The van der Waals surface area contributed by atoms with Crippen molar-refractivity contribution in [2.24, 2.45) is 0 Å². The molecule has 0 unspecified atom stereocenters. The molecule has 0 aromatic heterocycles. The quantitative estimate of drug-likeness (QED) is 0.870. The van der Waals surface area contributed by atoms with E-state index in [9.17, 15) is 22.0 Å². The van der Waals surface area contributed by atoms with Crippen LogP contribution in [0.2, 0.25) is 0 Å². The average molecular weight is 370 g/mol. The summed E-state index contributed by atoms with van der Waals surface area (Å²) in [5, 5.41) is 2.64. The molecule has 1 heterocycles. The van der Waals surface area contributed by atoms with E-state index in [1.807, 2.05) is 0 Å². The largest absolute Gasteiger partial charge is 0.325 e. The molecular formula is C15H12F2N2O3S2. The van der Waals surface area contributed by atoms with Crippen molar-refractivity contribution in [1.82, 2.24) is 0 Å². The first kappa shape index (κ1) is 16.7. The van der Waals surface area contributed by atoms with Crippen LogP contribution in [0.3, 0.4) is 0 Å². The lowest BCUT2D eigenvalue weighted by Crippen LogP contribution is -2.15. The Morgan fingerprint density at radius 2 is 1.92 bits per heavy atom. The lowest BCUT2D eigenvalue weighted by Gasteiger charge is -2.12. The molecule has 2 N–H and O–H groups in total. The first-order valence-corrected chi connectivity index (χ1v) is 9.36. The molecule has 0 bridgehead atoms. The first-order valence-electron chi connectivity index (χ1n) is 6.90. The number of hydrogen-bond acceptors (Lipinski definition) is 4. The summed E-state index contributed by atoms with van der Waals surface area (Å²) in [4.78, 5) is 12.2. The number of carbonyl (C=O) groups excluding carboxylic acids is 1. The third-order valence-electron chi connectivity index (χ3n) is 3.30. The van der Waals surface area contributed by atoms with Crippen molar-refractivity contribution in [1.29, 1.82) is 0 Å². The molecule has 9 heteroatoms. The molecule has 0 saturated carbocycles. The van der Waals surface area contributed by atoms with Gasteiger partial charge in [-0.1, -0.05) is 0 Å². The molecule has 0 atom stereocenters. The van der Waals surface area contributed by atoms with E-state index in [2.05, 4.69) is 10.0 Å². The summed E-state index contributed by atoms with van der Waals surface area (Å²) >= 11 is 1.44. The third-order valence-corrected chi connectivity index (χ3v) is 5.74. The molecule has 0 spiro atoms. The Balaban J connectivity index is 1.94. The first-order chi connectivity index (χ1) is 11.3. The zero-order valence-electron chi connectivity index (χ0n) is 12.2. The van der Waals surface area contributed by atoms with Crippen LogP contribution >= 0.6 is 11.8 Å².